The third kappa shape index (κ3) is 6.20. The zero-order valence-electron chi connectivity index (χ0n) is 19.0. The van der Waals surface area contributed by atoms with Crippen LogP contribution in [0.25, 0.3) is 0 Å². The Kier molecular flexibility index (Phi) is 8.44. The van der Waals surface area contributed by atoms with Crippen LogP contribution in [0.3, 0.4) is 0 Å². The van der Waals surface area contributed by atoms with E-state index < -0.39 is 6.04 Å². The van der Waals surface area contributed by atoms with Crippen molar-refractivity contribution in [3.63, 3.8) is 0 Å². The minimum Gasteiger partial charge on any atom is -0.496 e. The maximum atomic E-state index is 12.5. The topological polar surface area (TPSA) is 92.8 Å². The fourth-order valence-electron chi connectivity index (χ4n) is 3.81. The van der Waals surface area contributed by atoms with Gasteiger partial charge >= 0.3 is 0 Å². The van der Waals surface area contributed by atoms with E-state index in [1.165, 1.54) is 0 Å². The van der Waals surface area contributed by atoms with E-state index in [0.29, 0.717) is 45.0 Å². The molecule has 1 atom stereocenters. The van der Waals surface area contributed by atoms with Crippen molar-refractivity contribution in [3.8, 4) is 11.5 Å². The highest BCUT2D eigenvalue weighted by Crippen LogP contribution is 2.26. The van der Waals surface area contributed by atoms with Gasteiger partial charge in [-0.2, -0.15) is 0 Å². The minimum absolute atomic E-state index is 0.103. The van der Waals surface area contributed by atoms with E-state index in [4.69, 9.17) is 9.47 Å². The summed E-state index contributed by atoms with van der Waals surface area (Å²) in [6.45, 7) is 6.96. The number of hydrogen-bond acceptors (Lipinski definition) is 6. The molecule has 0 saturated carbocycles. The van der Waals surface area contributed by atoms with Crippen LogP contribution in [0.5, 0.6) is 11.5 Å². The molecule has 1 aliphatic heterocycles. The molecule has 1 unspecified atom stereocenters. The first-order valence-corrected chi connectivity index (χ1v) is 10.9. The molecule has 0 spiro atoms. The molecule has 0 aliphatic carbocycles. The summed E-state index contributed by atoms with van der Waals surface area (Å²) in [5.74, 6) is 1.32. The number of aromatic nitrogens is 1. The van der Waals surface area contributed by atoms with Crippen LogP contribution in [0.4, 0.5) is 0 Å². The van der Waals surface area contributed by atoms with E-state index in [2.05, 4.69) is 27.4 Å². The van der Waals surface area contributed by atoms with Crippen molar-refractivity contribution in [1.29, 1.82) is 0 Å². The predicted octanol–water partition coefficient (Wildman–Crippen LogP) is 1.98. The van der Waals surface area contributed by atoms with E-state index in [0.717, 1.165) is 22.4 Å². The fourth-order valence-corrected chi connectivity index (χ4v) is 3.81. The second-order valence-corrected chi connectivity index (χ2v) is 7.90. The standard InChI is InChI=1S/C24H32N4O4/c1-17-18(2)22(31-3)8-7-19(17)16-28-12-11-27-24(30)21(28)14-23(29)26-10-5-13-32-20-6-4-9-25-15-20/h4,6-9,15,21H,5,10-14,16H2,1-3H3,(H,26,29)(H,27,30). The van der Waals surface area contributed by atoms with Gasteiger partial charge in [0.25, 0.3) is 0 Å². The molecule has 0 bridgehead atoms. The van der Waals surface area contributed by atoms with E-state index in [9.17, 15) is 9.59 Å². The smallest absolute Gasteiger partial charge is 0.237 e. The molecule has 2 amide bonds. The fraction of sp³-hybridized carbons (Fsp3) is 0.458. The van der Waals surface area contributed by atoms with Gasteiger partial charge < -0.3 is 20.1 Å². The number of carbonyl (C=O) groups is 2. The van der Waals surface area contributed by atoms with Crippen LogP contribution in [-0.2, 0) is 16.1 Å². The lowest BCUT2D eigenvalue weighted by atomic mass is 10.00. The quantitative estimate of drug-likeness (QED) is 0.549. The predicted molar refractivity (Wildman–Crippen MR) is 122 cm³/mol. The van der Waals surface area contributed by atoms with Gasteiger partial charge in [0.2, 0.25) is 11.8 Å². The normalized spacial score (nSPS) is 16.3. The Morgan fingerprint density at radius 2 is 2.12 bits per heavy atom. The number of hydrogen-bond donors (Lipinski definition) is 2. The summed E-state index contributed by atoms with van der Waals surface area (Å²) < 4.78 is 11.0. The first-order valence-electron chi connectivity index (χ1n) is 10.9. The monoisotopic (exact) mass is 440 g/mol. The Bertz CT molecular complexity index is 920. The summed E-state index contributed by atoms with van der Waals surface area (Å²) in [5.41, 5.74) is 3.37. The van der Waals surface area contributed by atoms with Crippen LogP contribution in [0.15, 0.2) is 36.7 Å². The van der Waals surface area contributed by atoms with Crippen LogP contribution in [0, 0.1) is 13.8 Å². The number of methoxy groups -OCH3 is 1. The van der Waals surface area contributed by atoms with Crippen molar-refractivity contribution < 1.29 is 19.1 Å². The Morgan fingerprint density at radius 1 is 1.28 bits per heavy atom. The van der Waals surface area contributed by atoms with Gasteiger partial charge in [-0.15, -0.1) is 0 Å². The number of carbonyl (C=O) groups excluding carboxylic acids is 2. The lowest BCUT2D eigenvalue weighted by Crippen LogP contribution is -2.56. The van der Waals surface area contributed by atoms with Crippen LogP contribution < -0.4 is 20.1 Å². The third-order valence-corrected chi connectivity index (χ3v) is 5.81. The van der Waals surface area contributed by atoms with E-state index >= 15 is 0 Å². The van der Waals surface area contributed by atoms with E-state index in [1.54, 1.807) is 19.5 Å². The molecule has 2 heterocycles. The first kappa shape index (κ1) is 23.5. The number of amides is 2. The molecule has 2 aromatic rings. The molecule has 172 valence electrons. The van der Waals surface area contributed by atoms with Crippen molar-refractivity contribution in [2.24, 2.45) is 0 Å². The second-order valence-electron chi connectivity index (χ2n) is 7.90. The maximum absolute atomic E-state index is 12.5. The van der Waals surface area contributed by atoms with Gasteiger partial charge in [0, 0.05) is 32.4 Å². The van der Waals surface area contributed by atoms with Crippen LogP contribution >= 0.6 is 0 Å². The molecule has 1 aliphatic rings. The molecule has 2 N–H and O–H groups in total. The van der Waals surface area contributed by atoms with Gasteiger partial charge in [-0.3, -0.25) is 19.5 Å². The summed E-state index contributed by atoms with van der Waals surface area (Å²) in [4.78, 5) is 31.1. The van der Waals surface area contributed by atoms with Gasteiger partial charge in [-0.05, 0) is 55.2 Å². The largest absolute Gasteiger partial charge is 0.496 e. The second kappa shape index (κ2) is 11.5. The number of ether oxygens (including phenoxy) is 2. The average Bonchev–Trinajstić information content (AvgIpc) is 2.80. The molecule has 8 heteroatoms. The highest BCUT2D eigenvalue weighted by atomic mass is 16.5. The molecular weight excluding hydrogens is 408 g/mol. The summed E-state index contributed by atoms with van der Waals surface area (Å²) in [5, 5.41) is 5.78. The minimum atomic E-state index is -0.489. The van der Waals surface area contributed by atoms with Crippen molar-refractivity contribution in [3.05, 3.63) is 53.3 Å². The lowest BCUT2D eigenvalue weighted by Gasteiger charge is -2.35. The SMILES string of the molecule is COc1ccc(CN2CCNC(=O)C2CC(=O)NCCCOc2cccnc2)c(C)c1C. The first-order chi connectivity index (χ1) is 15.5. The average molecular weight is 441 g/mol. The highest BCUT2D eigenvalue weighted by Gasteiger charge is 2.31. The van der Waals surface area contributed by atoms with Crippen molar-refractivity contribution >= 4 is 11.8 Å². The maximum Gasteiger partial charge on any atom is 0.237 e. The number of pyridine rings is 1. The van der Waals surface area contributed by atoms with E-state index in [-0.39, 0.29) is 18.2 Å². The molecule has 0 radical (unpaired) electrons. The van der Waals surface area contributed by atoms with E-state index in [1.807, 2.05) is 31.2 Å². The molecular formula is C24H32N4O4. The van der Waals surface area contributed by atoms with Gasteiger partial charge in [-0.25, -0.2) is 0 Å². The van der Waals surface area contributed by atoms with Crippen LogP contribution in [0.1, 0.15) is 29.5 Å². The van der Waals surface area contributed by atoms with Crippen molar-refractivity contribution in [2.75, 3.05) is 33.4 Å². The van der Waals surface area contributed by atoms with Crippen molar-refractivity contribution in [2.45, 2.75) is 39.3 Å². The van der Waals surface area contributed by atoms with Gasteiger partial charge in [0.05, 0.1) is 32.4 Å². The Labute approximate surface area is 189 Å². The number of nitrogens with zero attached hydrogens (tertiary/aromatic N) is 2. The molecule has 3 rings (SSSR count). The molecule has 1 saturated heterocycles. The summed E-state index contributed by atoms with van der Waals surface area (Å²) in [7, 11) is 1.66. The Morgan fingerprint density at radius 3 is 2.88 bits per heavy atom. The Balaban J connectivity index is 1.51. The Hall–Kier alpha value is -3.13. The number of rotatable bonds is 10. The summed E-state index contributed by atoms with van der Waals surface area (Å²) in [6, 6.07) is 7.15. The molecule has 1 aromatic heterocycles. The van der Waals surface area contributed by atoms with Gasteiger partial charge in [0.1, 0.15) is 11.5 Å². The molecule has 1 aromatic carbocycles. The van der Waals surface area contributed by atoms with Crippen LogP contribution in [-0.4, -0.2) is 61.1 Å². The number of nitrogens with one attached hydrogen (secondary N) is 2. The zero-order valence-corrected chi connectivity index (χ0v) is 19.0. The van der Waals surface area contributed by atoms with Crippen molar-refractivity contribution in [1.82, 2.24) is 20.5 Å². The number of benzene rings is 1. The zero-order chi connectivity index (χ0) is 22.9. The lowest BCUT2D eigenvalue weighted by molar-refractivity contribution is -0.134. The third-order valence-electron chi connectivity index (χ3n) is 5.81. The molecule has 1 fully saturated rings. The van der Waals surface area contributed by atoms with Gasteiger partial charge in [-0.1, -0.05) is 6.07 Å². The van der Waals surface area contributed by atoms with Gasteiger partial charge in [0.15, 0.2) is 0 Å². The summed E-state index contributed by atoms with van der Waals surface area (Å²) in [6.07, 6.45) is 4.14. The molecule has 32 heavy (non-hydrogen) atoms. The summed E-state index contributed by atoms with van der Waals surface area (Å²) >= 11 is 0. The number of piperazine rings is 1. The molecule has 8 nitrogen and oxygen atoms in total. The van der Waals surface area contributed by atoms with Crippen LogP contribution in [0.2, 0.25) is 0 Å². The highest BCUT2D eigenvalue weighted by molar-refractivity contribution is 5.88.